The summed E-state index contributed by atoms with van der Waals surface area (Å²) in [6.07, 6.45) is 2.61. The van der Waals surface area contributed by atoms with Gasteiger partial charge >= 0.3 is 0 Å². The number of unbranched alkanes of at least 4 members (excludes halogenated alkanes) is 2. The van der Waals surface area contributed by atoms with Gasteiger partial charge in [-0.1, -0.05) is 58.4 Å². The molecule has 1 aliphatic heterocycles. The van der Waals surface area contributed by atoms with E-state index in [1.165, 1.54) is 0 Å². The summed E-state index contributed by atoms with van der Waals surface area (Å²) in [5.74, 6) is 2.60. The van der Waals surface area contributed by atoms with E-state index in [-0.39, 0.29) is 6.61 Å². The Hall–Kier alpha value is -3.39. The molecule has 0 saturated carbocycles. The Kier molecular flexibility index (Phi) is 9.14. The van der Waals surface area contributed by atoms with Gasteiger partial charge in [0.2, 0.25) is 0 Å². The summed E-state index contributed by atoms with van der Waals surface area (Å²) >= 11 is 3.49. The van der Waals surface area contributed by atoms with Crippen molar-refractivity contribution < 1.29 is 23.5 Å². The zero-order valence-electron chi connectivity index (χ0n) is 21.3. The fourth-order valence-corrected chi connectivity index (χ4v) is 5.97. The molecule has 0 aromatic heterocycles. The molecule has 0 bridgehead atoms. The van der Waals surface area contributed by atoms with Crippen molar-refractivity contribution in [3.63, 3.8) is 0 Å². The smallest absolute Gasteiger partial charge is 0.152 e. The molecule has 0 radical (unpaired) electrons. The van der Waals surface area contributed by atoms with E-state index in [0.29, 0.717) is 40.3 Å². The van der Waals surface area contributed by atoms with E-state index >= 15 is 0 Å². The lowest BCUT2D eigenvalue weighted by molar-refractivity contribution is 0.266. The monoisotopic (exact) mass is 604 g/mol. The van der Waals surface area contributed by atoms with Crippen molar-refractivity contribution in [2.45, 2.75) is 30.8 Å². The molecule has 1 N–H and O–H groups in total. The minimum absolute atomic E-state index is 0.208. The predicted molar refractivity (Wildman–Crippen MR) is 158 cm³/mol. The fourth-order valence-electron chi connectivity index (χ4n) is 4.23. The Morgan fingerprint density at radius 3 is 2.21 bits per heavy atom. The molecule has 7 heteroatoms. The second-order valence-corrected chi connectivity index (χ2v) is 11.4. The molecule has 1 heterocycles. The first-order valence-corrected chi connectivity index (χ1v) is 14.8. The second-order valence-electron chi connectivity index (χ2n) is 9.07. The topological polar surface area (TPSA) is 65.0 Å². The van der Waals surface area contributed by atoms with Gasteiger partial charge in [0.1, 0.15) is 23.9 Å². The number of hydrogen-bond donors (Lipinski definition) is 1. The Balaban J connectivity index is 1.38. The van der Waals surface area contributed by atoms with E-state index in [4.69, 9.17) is 19.3 Å². The molecule has 0 fully saturated rings. The van der Waals surface area contributed by atoms with Crippen molar-refractivity contribution in [3.05, 3.63) is 118 Å². The molecule has 1 aliphatic rings. The van der Waals surface area contributed by atoms with Gasteiger partial charge in [0.15, 0.2) is 5.76 Å². The van der Waals surface area contributed by atoms with Gasteiger partial charge in [0, 0.05) is 16.6 Å². The van der Waals surface area contributed by atoms with Crippen molar-refractivity contribution in [2.24, 2.45) is 0 Å². The van der Waals surface area contributed by atoms with Gasteiger partial charge in [-0.05, 0) is 85.0 Å². The quantitative estimate of drug-likeness (QED) is 0.169. The number of aliphatic hydroxyl groups is 1. The molecule has 5 nitrogen and oxygen atoms in total. The summed E-state index contributed by atoms with van der Waals surface area (Å²) in [4.78, 5) is 1.29. The first-order chi connectivity index (χ1) is 19.1. The average molecular weight is 606 g/mol. The fraction of sp³-hybridized carbons (Fsp3) is 0.188. The first-order valence-electron chi connectivity index (χ1n) is 12.9. The third-order valence-corrected chi connectivity index (χ3v) is 8.32. The summed E-state index contributed by atoms with van der Waals surface area (Å²) in [5, 5.41) is 8.91. The number of ether oxygens (including phenoxy) is 3. The molecule has 5 rings (SSSR count). The lowest BCUT2D eigenvalue weighted by Crippen LogP contribution is -1.99. The summed E-state index contributed by atoms with van der Waals surface area (Å²) < 4.78 is 33.0. The van der Waals surface area contributed by atoms with Crippen LogP contribution in [0.4, 0.5) is 0 Å². The highest BCUT2D eigenvalue weighted by Crippen LogP contribution is 2.44. The van der Waals surface area contributed by atoms with Crippen LogP contribution < -0.4 is 14.2 Å². The van der Waals surface area contributed by atoms with Crippen LogP contribution in [0.1, 0.15) is 36.0 Å². The highest BCUT2D eigenvalue weighted by Gasteiger charge is 2.32. The van der Waals surface area contributed by atoms with Gasteiger partial charge in [-0.3, -0.25) is 0 Å². The van der Waals surface area contributed by atoms with Crippen molar-refractivity contribution in [1.82, 2.24) is 0 Å². The largest absolute Gasteiger partial charge is 0.494 e. The van der Waals surface area contributed by atoms with Gasteiger partial charge in [-0.15, -0.1) is 0 Å². The summed E-state index contributed by atoms with van der Waals surface area (Å²) in [6, 6.07) is 30.8. The highest BCUT2D eigenvalue weighted by molar-refractivity contribution is 9.10. The maximum atomic E-state index is 13.8. The Labute approximate surface area is 239 Å². The Morgan fingerprint density at radius 2 is 1.46 bits per heavy atom. The number of aliphatic hydroxyl groups excluding tert-OH is 1. The van der Waals surface area contributed by atoms with Gasteiger partial charge in [-0.25, -0.2) is 4.21 Å². The first kappa shape index (κ1) is 27.2. The number of fused-ring (bicyclic) bond motifs is 1. The molecule has 39 heavy (non-hydrogen) atoms. The molecule has 200 valence electrons. The van der Waals surface area contributed by atoms with Crippen molar-refractivity contribution in [2.75, 3.05) is 13.2 Å². The Bertz CT molecular complexity index is 1450. The van der Waals surface area contributed by atoms with Gasteiger partial charge in [0.25, 0.3) is 0 Å². The van der Waals surface area contributed by atoms with Crippen LogP contribution in [-0.2, 0) is 17.4 Å². The number of benzene rings is 4. The van der Waals surface area contributed by atoms with Crippen molar-refractivity contribution in [1.29, 1.82) is 0 Å². The Morgan fingerprint density at radius 1 is 0.744 bits per heavy atom. The van der Waals surface area contributed by atoms with Crippen LogP contribution in [0.25, 0.3) is 10.7 Å². The van der Waals surface area contributed by atoms with E-state index in [9.17, 15) is 4.21 Å². The van der Waals surface area contributed by atoms with E-state index in [2.05, 4.69) is 15.9 Å². The van der Waals surface area contributed by atoms with Gasteiger partial charge in [-0.2, -0.15) is 0 Å². The van der Waals surface area contributed by atoms with Crippen LogP contribution in [-0.4, -0.2) is 22.5 Å². The number of hydrogen-bond acceptors (Lipinski definition) is 5. The van der Waals surface area contributed by atoms with E-state index in [1.807, 2.05) is 97.1 Å². The summed E-state index contributed by atoms with van der Waals surface area (Å²) in [5.41, 5.74) is 2.68. The molecule has 4 aromatic rings. The highest BCUT2D eigenvalue weighted by atomic mass is 79.9. The molecule has 0 aliphatic carbocycles. The standard InChI is InChI=1S/C32H29BrO5S/c33-25-11-9-24(10-12-25)32-31(38-27-15-13-26(14-16-27)36-20-6-2-5-19-34)29-18-17-28(21-30(29)39(32)35)37-22-23-7-3-1-4-8-23/h1,3-4,7-18,21,34H,2,5-6,19-20,22H2. The van der Waals surface area contributed by atoms with E-state index in [1.54, 1.807) is 0 Å². The zero-order valence-corrected chi connectivity index (χ0v) is 23.7. The van der Waals surface area contributed by atoms with Crippen LogP contribution in [0.2, 0.25) is 0 Å². The number of rotatable bonds is 12. The SMILES string of the molecule is O=S1C(c2ccc(Br)cc2)=C(Oc2ccc(OCCCCCO)cc2)c2ccc(OCc3ccccc3)cc21. The van der Waals surface area contributed by atoms with Crippen LogP contribution in [0, 0.1) is 0 Å². The van der Waals surface area contributed by atoms with Crippen LogP contribution in [0.3, 0.4) is 0 Å². The molecule has 1 unspecified atom stereocenters. The summed E-state index contributed by atoms with van der Waals surface area (Å²) in [6.45, 7) is 1.23. The molecule has 4 aromatic carbocycles. The minimum atomic E-state index is -1.45. The lowest BCUT2D eigenvalue weighted by Gasteiger charge is -2.12. The van der Waals surface area contributed by atoms with E-state index < -0.39 is 10.8 Å². The van der Waals surface area contributed by atoms with Crippen LogP contribution >= 0.6 is 15.9 Å². The molecule has 0 spiro atoms. The average Bonchev–Trinajstić information content (AvgIpc) is 3.24. The minimum Gasteiger partial charge on any atom is -0.494 e. The second kappa shape index (κ2) is 13.1. The number of halogens is 1. The zero-order chi connectivity index (χ0) is 27.0. The lowest BCUT2D eigenvalue weighted by atomic mass is 10.1. The van der Waals surface area contributed by atoms with Crippen molar-refractivity contribution in [3.8, 4) is 17.2 Å². The van der Waals surface area contributed by atoms with E-state index in [0.717, 1.165) is 46.2 Å². The third kappa shape index (κ3) is 6.79. The van der Waals surface area contributed by atoms with Gasteiger partial charge in [0.05, 0.1) is 27.2 Å². The molecular formula is C32H29BrO5S. The molecule has 1 atom stereocenters. The van der Waals surface area contributed by atoms with Crippen LogP contribution in [0.5, 0.6) is 17.2 Å². The molecular weight excluding hydrogens is 576 g/mol. The normalized spacial score (nSPS) is 14.3. The predicted octanol–water partition coefficient (Wildman–Crippen LogP) is 7.60. The summed E-state index contributed by atoms with van der Waals surface area (Å²) in [7, 11) is -1.45. The third-order valence-electron chi connectivity index (χ3n) is 6.26. The maximum absolute atomic E-state index is 13.8. The maximum Gasteiger partial charge on any atom is 0.152 e. The van der Waals surface area contributed by atoms with Gasteiger partial charge < -0.3 is 19.3 Å². The molecule has 0 saturated heterocycles. The van der Waals surface area contributed by atoms with Crippen LogP contribution in [0.15, 0.2) is 106 Å². The molecule has 0 amide bonds. The van der Waals surface area contributed by atoms with Crippen molar-refractivity contribution >= 4 is 37.4 Å².